The minimum atomic E-state index is -1.94. The fourth-order valence-electron chi connectivity index (χ4n) is 17.6. The van der Waals surface area contributed by atoms with Gasteiger partial charge < -0.3 is 124 Å². The van der Waals surface area contributed by atoms with E-state index < -0.39 is 207 Å². The number of esters is 2. The third-order valence-corrected chi connectivity index (χ3v) is 22.6. The molecule has 9 aliphatic rings. The lowest BCUT2D eigenvalue weighted by Gasteiger charge is -2.65. The Labute approximate surface area is 503 Å². The number of hydrogen-bond donors (Lipinski definition) is 16. The first kappa shape index (κ1) is 68.6. The number of carboxylic acid groups (broad SMARTS) is 1. The number of aliphatic hydroxyl groups is 15. The molecule has 9 fully saturated rings. The van der Waals surface area contributed by atoms with Crippen molar-refractivity contribution < 1.29 is 139 Å². The van der Waals surface area contributed by atoms with E-state index in [2.05, 4.69) is 34.6 Å². The van der Waals surface area contributed by atoms with Crippen LogP contribution in [0.1, 0.15) is 119 Å². The maximum absolute atomic E-state index is 13.4. The molecule has 16 N–H and O–H groups in total. The quantitative estimate of drug-likeness (QED) is 0.0323. The molecule has 498 valence electrons. The molecule has 31 unspecified atom stereocenters. The minimum Gasteiger partial charge on any atom is -0.481 e. The molecule has 87 heavy (non-hydrogen) atoms. The van der Waals surface area contributed by atoms with E-state index in [4.69, 9.17) is 47.7 Å². The van der Waals surface area contributed by atoms with Crippen LogP contribution in [0.5, 0.6) is 0 Å². The van der Waals surface area contributed by atoms with Crippen molar-refractivity contribution in [1.82, 2.24) is 0 Å². The van der Waals surface area contributed by atoms with Gasteiger partial charge in [-0.25, -0.2) is 4.79 Å². The molecule has 28 nitrogen and oxygen atoms in total. The van der Waals surface area contributed by atoms with Crippen molar-refractivity contribution in [2.24, 2.45) is 50.7 Å². The predicted octanol–water partition coefficient (Wildman–Crippen LogP) is -3.29. The zero-order valence-electron chi connectivity index (χ0n) is 50.2. The number of rotatable bonds is 20. The van der Waals surface area contributed by atoms with Gasteiger partial charge >= 0.3 is 17.9 Å². The zero-order valence-corrected chi connectivity index (χ0v) is 50.2. The summed E-state index contributed by atoms with van der Waals surface area (Å²) in [5.74, 6) is -3.29. The molecule has 4 heterocycles. The van der Waals surface area contributed by atoms with Crippen molar-refractivity contribution in [3.8, 4) is 0 Å². The molecule has 0 bridgehead atoms. The van der Waals surface area contributed by atoms with Gasteiger partial charge in [-0.1, -0.05) is 40.7 Å². The van der Waals surface area contributed by atoms with Gasteiger partial charge in [0.2, 0.25) is 6.29 Å². The molecule has 31 atom stereocenters. The van der Waals surface area contributed by atoms with Crippen molar-refractivity contribution in [3.05, 3.63) is 11.6 Å². The Hall–Kier alpha value is -2.73. The first-order valence-electron chi connectivity index (χ1n) is 30.6. The topological polar surface area (TPSA) is 458 Å². The molecule has 9 rings (SSSR count). The van der Waals surface area contributed by atoms with Gasteiger partial charge in [-0.3, -0.25) is 9.59 Å². The predicted molar refractivity (Wildman–Crippen MR) is 291 cm³/mol. The number of carbonyl (C=O) groups is 3. The molecule has 5 aliphatic carbocycles. The Bertz CT molecular complexity index is 2460. The van der Waals surface area contributed by atoms with Gasteiger partial charge in [-0.2, -0.15) is 0 Å². The number of allylic oxidation sites excluding steroid dienone is 1. The van der Waals surface area contributed by atoms with Gasteiger partial charge in [0.05, 0.1) is 56.6 Å². The summed E-state index contributed by atoms with van der Waals surface area (Å²) in [6.45, 7) is 10.8. The maximum Gasteiger partial charge on any atom is 0.335 e. The maximum atomic E-state index is 13.4. The van der Waals surface area contributed by atoms with Gasteiger partial charge in [-0.15, -0.1) is 0 Å². The largest absolute Gasteiger partial charge is 0.481 e. The third kappa shape index (κ3) is 12.2. The van der Waals surface area contributed by atoms with Crippen molar-refractivity contribution in [3.63, 3.8) is 0 Å². The van der Waals surface area contributed by atoms with E-state index in [1.807, 2.05) is 0 Å². The summed E-state index contributed by atoms with van der Waals surface area (Å²) in [6.07, 6.45) is -28.0. The molecule has 0 aromatic rings. The Balaban J connectivity index is 0.812. The van der Waals surface area contributed by atoms with Crippen LogP contribution >= 0.6 is 0 Å². The highest BCUT2D eigenvalue weighted by molar-refractivity contribution is 5.87. The van der Waals surface area contributed by atoms with Crippen molar-refractivity contribution >= 4 is 17.9 Å². The van der Waals surface area contributed by atoms with Gasteiger partial charge in [0.15, 0.2) is 18.9 Å². The Kier molecular flexibility index (Phi) is 20.2. The summed E-state index contributed by atoms with van der Waals surface area (Å²) < 4.78 is 51.8. The normalized spacial score (nSPS) is 49.6. The summed E-state index contributed by atoms with van der Waals surface area (Å²) in [5, 5.41) is 172. The Morgan fingerprint density at radius 1 is 0.667 bits per heavy atom. The molecule has 4 aliphatic heterocycles. The van der Waals surface area contributed by atoms with Gasteiger partial charge in [0, 0.05) is 16.4 Å². The number of carbonyl (C=O) groups excluding carboxylic acids is 2. The average Bonchev–Trinajstić information content (AvgIpc) is 1.47. The number of hydrogen-bond acceptors (Lipinski definition) is 27. The molecule has 0 aromatic carbocycles. The highest BCUT2D eigenvalue weighted by Crippen LogP contribution is 2.89. The number of fused-ring (bicyclic) bond motifs is 2. The van der Waals surface area contributed by atoms with E-state index >= 15 is 0 Å². The van der Waals surface area contributed by atoms with Gasteiger partial charge in [-0.05, 0) is 112 Å². The van der Waals surface area contributed by atoms with Gasteiger partial charge in [0.1, 0.15) is 98.2 Å². The third-order valence-electron chi connectivity index (χ3n) is 22.6. The summed E-state index contributed by atoms with van der Waals surface area (Å²) in [6, 6.07) is 0. The molecule has 28 heteroatoms. The lowest BCUT2D eigenvalue weighted by molar-refractivity contribution is -0.371. The van der Waals surface area contributed by atoms with Crippen LogP contribution in [-0.4, -0.2) is 267 Å². The standard InChI is InChI=1S/C59H94O28/c1-24(9-8-10-25(2)49(77)87-52-47(76)44(73)40(69)29(84-52)21-79-37(66)18-55(5,78)17-36(64)65)26-15-33(62)57(7)32-12-11-31-54(3,4)35(13-14-58(31)23-59(32,58)16-34(63)56(26,57)6)85-53-48(38(67)27(61)20-80-53)86-51-46(75)43(72)41(70)30(83-51)22-81-50-45(74)42(71)39(68)28(19-60)82-50/h10,24,26-35,38-48,50-53,60-63,67-76,78H,8-9,11-23H2,1-7H3,(H,64,65)/b25-10+. The second kappa shape index (κ2) is 25.6. The van der Waals surface area contributed by atoms with E-state index in [0.717, 1.165) is 26.2 Å². The summed E-state index contributed by atoms with van der Waals surface area (Å²) in [5.41, 5.74) is -4.22. The van der Waals surface area contributed by atoms with Gasteiger partial charge in [0.25, 0.3) is 0 Å². The second-order valence-corrected chi connectivity index (χ2v) is 28.0. The number of carboxylic acids is 1. The Morgan fingerprint density at radius 3 is 1.90 bits per heavy atom. The van der Waals surface area contributed by atoms with E-state index in [0.29, 0.717) is 38.5 Å². The molecular weight excluding hydrogens is 1160 g/mol. The molecule has 0 amide bonds. The van der Waals surface area contributed by atoms with Crippen LogP contribution in [0.25, 0.3) is 0 Å². The summed E-state index contributed by atoms with van der Waals surface area (Å²) in [7, 11) is 0. The highest BCUT2D eigenvalue weighted by atomic mass is 16.8. The fourth-order valence-corrected chi connectivity index (χ4v) is 17.6. The van der Waals surface area contributed by atoms with E-state index in [1.54, 1.807) is 6.08 Å². The van der Waals surface area contributed by atoms with Crippen molar-refractivity contribution in [2.75, 3.05) is 26.4 Å². The zero-order chi connectivity index (χ0) is 64.0. The van der Waals surface area contributed by atoms with E-state index in [1.165, 1.54) is 6.92 Å². The molecule has 0 aromatic heterocycles. The average molecular weight is 1250 g/mol. The summed E-state index contributed by atoms with van der Waals surface area (Å²) in [4.78, 5) is 36.8. The summed E-state index contributed by atoms with van der Waals surface area (Å²) >= 11 is 0. The molecular formula is C59H94O28. The van der Waals surface area contributed by atoms with Crippen LogP contribution in [0, 0.1) is 50.7 Å². The number of aliphatic carboxylic acids is 1. The highest BCUT2D eigenvalue weighted by Gasteiger charge is 2.85. The Morgan fingerprint density at radius 2 is 1.25 bits per heavy atom. The lowest BCUT2D eigenvalue weighted by Crippen LogP contribution is -2.65. The minimum absolute atomic E-state index is 0.0396. The van der Waals surface area contributed by atoms with Crippen LogP contribution < -0.4 is 0 Å². The van der Waals surface area contributed by atoms with Crippen molar-refractivity contribution in [1.29, 1.82) is 0 Å². The first-order valence-corrected chi connectivity index (χ1v) is 30.6. The smallest absolute Gasteiger partial charge is 0.335 e. The number of ether oxygens (including phenoxy) is 9. The molecule has 2 spiro atoms. The molecule has 0 radical (unpaired) electrons. The van der Waals surface area contributed by atoms with Crippen LogP contribution in [-0.2, 0) is 57.0 Å². The monoisotopic (exact) mass is 1250 g/mol. The fraction of sp³-hybridized carbons (Fsp3) is 0.915. The molecule has 4 saturated heterocycles. The van der Waals surface area contributed by atoms with E-state index in [9.17, 15) is 91.0 Å². The number of aliphatic hydroxyl groups excluding tert-OH is 14. The van der Waals surface area contributed by atoms with Crippen LogP contribution in [0.3, 0.4) is 0 Å². The van der Waals surface area contributed by atoms with Crippen LogP contribution in [0.4, 0.5) is 0 Å². The van der Waals surface area contributed by atoms with Crippen LogP contribution in [0.15, 0.2) is 11.6 Å². The van der Waals surface area contributed by atoms with Crippen molar-refractivity contribution in [2.45, 2.75) is 260 Å². The molecule has 5 saturated carbocycles. The second-order valence-electron chi connectivity index (χ2n) is 28.0. The van der Waals surface area contributed by atoms with E-state index in [-0.39, 0.29) is 46.7 Å². The first-order chi connectivity index (χ1) is 40.6. The van der Waals surface area contributed by atoms with Crippen LogP contribution in [0.2, 0.25) is 0 Å². The SMILES string of the molecule is C/C(=C\CCC(C)C1CC(O)C2(C)C3CCC4C(C)(C)C(OC5OCC(O)C(O)C5OC5OC(COC6OC(CO)C(O)C(O)C6O)C(O)C(O)C5O)CCC45CC35CC(O)C12C)C(=O)OC1OC(COC(=O)CC(C)(O)CC(=O)O)C(O)C(O)C1O. The lowest BCUT2D eigenvalue weighted by atomic mass is 9.40.